The summed E-state index contributed by atoms with van der Waals surface area (Å²) in [5, 5.41) is 11.8. The first kappa shape index (κ1) is 18.7. The van der Waals surface area contributed by atoms with Crippen molar-refractivity contribution in [2.45, 2.75) is 11.1 Å². The number of alkyl halides is 3. The average Bonchev–Trinajstić information content (AvgIpc) is 2.93. The van der Waals surface area contributed by atoms with E-state index in [1.165, 1.54) is 17.8 Å². The average molecular weight is 383 g/mol. The third kappa shape index (κ3) is 4.07. The van der Waals surface area contributed by atoms with Gasteiger partial charge in [0.25, 0.3) is 0 Å². The van der Waals surface area contributed by atoms with Crippen molar-refractivity contribution in [2.24, 2.45) is 11.8 Å². The molecule has 1 aliphatic rings. The molecular formula is C14H14ClF3N2O3S. The van der Waals surface area contributed by atoms with Crippen LogP contribution in [0.1, 0.15) is 0 Å². The fourth-order valence-electron chi connectivity index (χ4n) is 2.50. The number of carbonyl (C=O) groups excluding carboxylic acids is 1. The Morgan fingerprint density at radius 1 is 1.38 bits per heavy atom. The summed E-state index contributed by atoms with van der Waals surface area (Å²) < 4.78 is 38.8. The molecule has 24 heavy (non-hydrogen) atoms. The lowest BCUT2D eigenvalue weighted by atomic mass is 9.96. The normalized spacial score (nSPS) is 21.0. The Balaban J connectivity index is 2.10. The molecule has 2 N–H and O–H groups in total. The molecule has 0 aliphatic carbocycles. The number of nitrogens with zero attached hydrogens (tertiary/aromatic N) is 1. The smallest absolute Gasteiger partial charge is 0.394 e. The highest BCUT2D eigenvalue weighted by Crippen LogP contribution is 2.38. The summed E-state index contributed by atoms with van der Waals surface area (Å²) in [5.74, 6) is -5.32. The molecule has 0 aromatic heterocycles. The standard InChI is InChI=1S/C14H14ClF3N2O3S/c1-24-11-3-2-7(4-10(11)15)19-13(23)20-5-8(12(21)22)9(6-20)14(16,17)18/h2-4,8-9H,5-6H2,1H3,(H,19,23)(H,21,22)/t8-,9-/m1/s1. The Bertz CT molecular complexity index is 657. The van der Waals surface area contributed by atoms with Gasteiger partial charge in [0.1, 0.15) is 0 Å². The van der Waals surface area contributed by atoms with Crippen LogP contribution in [0.25, 0.3) is 0 Å². The molecule has 0 unspecified atom stereocenters. The number of benzene rings is 1. The van der Waals surface area contributed by atoms with Crippen molar-refractivity contribution in [1.82, 2.24) is 4.90 Å². The maximum absolute atomic E-state index is 12.9. The van der Waals surface area contributed by atoms with Crippen LogP contribution in [0.5, 0.6) is 0 Å². The molecule has 1 heterocycles. The second kappa shape index (κ2) is 7.10. The largest absolute Gasteiger partial charge is 0.481 e. The first-order chi connectivity index (χ1) is 11.1. The summed E-state index contributed by atoms with van der Waals surface area (Å²) in [6, 6.07) is 3.94. The number of carboxylic acids is 1. The van der Waals surface area contributed by atoms with Gasteiger partial charge >= 0.3 is 18.2 Å². The van der Waals surface area contributed by atoms with Crippen LogP contribution < -0.4 is 5.32 Å². The number of amides is 2. The number of aliphatic carboxylic acids is 1. The van der Waals surface area contributed by atoms with Crippen molar-refractivity contribution < 1.29 is 27.9 Å². The van der Waals surface area contributed by atoms with Gasteiger partial charge in [0, 0.05) is 23.7 Å². The molecule has 132 valence electrons. The molecule has 2 atom stereocenters. The summed E-state index contributed by atoms with van der Waals surface area (Å²) in [7, 11) is 0. The van der Waals surface area contributed by atoms with Gasteiger partial charge in [-0.15, -0.1) is 11.8 Å². The van der Waals surface area contributed by atoms with E-state index in [1.54, 1.807) is 12.1 Å². The van der Waals surface area contributed by atoms with E-state index in [4.69, 9.17) is 16.7 Å². The predicted octanol–water partition coefficient (Wildman–Crippen LogP) is 3.79. The van der Waals surface area contributed by atoms with Crippen molar-refractivity contribution in [3.05, 3.63) is 23.2 Å². The number of nitrogens with one attached hydrogen (secondary N) is 1. The molecule has 2 rings (SSSR count). The molecule has 0 bridgehead atoms. The molecule has 10 heteroatoms. The lowest BCUT2D eigenvalue weighted by molar-refractivity contribution is -0.187. The maximum atomic E-state index is 12.9. The van der Waals surface area contributed by atoms with E-state index < -0.39 is 43.1 Å². The van der Waals surface area contributed by atoms with E-state index in [0.29, 0.717) is 10.7 Å². The molecule has 0 spiro atoms. The zero-order valence-electron chi connectivity index (χ0n) is 12.4. The minimum atomic E-state index is -4.68. The van der Waals surface area contributed by atoms with Gasteiger partial charge in [-0.3, -0.25) is 4.79 Å². The van der Waals surface area contributed by atoms with Gasteiger partial charge in [-0.1, -0.05) is 11.6 Å². The Labute approximate surface area is 145 Å². The van der Waals surface area contributed by atoms with Crippen molar-refractivity contribution in [1.29, 1.82) is 0 Å². The number of rotatable bonds is 3. The molecule has 1 aliphatic heterocycles. The predicted molar refractivity (Wildman–Crippen MR) is 84.5 cm³/mol. The number of halogens is 4. The molecule has 1 fully saturated rings. The van der Waals surface area contributed by atoms with Crippen LogP contribution in [0.2, 0.25) is 5.02 Å². The van der Waals surface area contributed by atoms with Crippen LogP contribution in [0.15, 0.2) is 23.1 Å². The number of thioether (sulfide) groups is 1. The summed E-state index contributed by atoms with van der Waals surface area (Å²) in [6.07, 6.45) is -2.85. The second-order valence-corrected chi connectivity index (χ2v) is 6.53. The topological polar surface area (TPSA) is 69.6 Å². The molecule has 1 aromatic carbocycles. The third-order valence-corrected chi connectivity index (χ3v) is 4.97. The number of carboxylic acid groups (broad SMARTS) is 1. The van der Waals surface area contributed by atoms with E-state index in [9.17, 15) is 22.8 Å². The fourth-order valence-corrected chi connectivity index (χ4v) is 3.37. The number of carbonyl (C=O) groups is 2. The van der Waals surface area contributed by atoms with Gasteiger partial charge in [-0.05, 0) is 24.5 Å². The first-order valence-corrected chi connectivity index (χ1v) is 8.42. The van der Waals surface area contributed by atoms with E-state index in [-0.39, 0.29) is 0 Å². The van der Waals surface area contributed by atoms with Gasteiger partial charge < -0.3 is 15.3 Å². The Kier molecular flexibility index (Phi) is 5.54. The Hall–Kier alpha value is -1.61. The molecule has 0 radical (unpaired) electrons. The minimum Gasteiger partial charge on any atom is -0.481 e. The highest BCUT2D eigenvalue weighted by Gasteiger charge is 2.53. The summed E-state index contributed by atoms with van der Waals surface area (Å²) in [6.45, 7) is -1.19. The Morgan fingerprint density at radius 2 is 2.04 bits per heavy atom. The van der Waals surface area contributed by atoms with Gasteiger partial charge in [0.05, 0.1) is 16.9 Å². The number of anilines is 1. The van der Waals surface area contributed by atoms with E-state index in [1.807, 2.05) is 6.26 Å². The summed E-state index contributed by atoms with van der Waals surface area (Å²) in [5.41, 5.74) is 0.324. The van der Waals surface area contributed by atoms with Crippen LogP contribution in [-0.2, 0) is 4.79 Å². The fraction of sp³-hybridized carbons (Fsp3) is 0.429. The van der Waals surface area contributed by atoms with Crippen LogP contribution >= 0.6 is 23.4 Å². The number of hydrogen-bond donors (Lipinski definition) is 2. The summed E-state index contributed by atoms with van der Waals surface area (Å²) in [4.78, 5) is 24.8. The van der Waals surface area contributed by atoms with Crippen LogP contribution in [0.3, 0.4) is 0 Å². The zero-order chi connectivity index (χ0) is 18.1. The second-order valence-electron chi connectivity index (χ2n) is 5.28. The van der Waals surface area contributed by atoms with Crippen molar-refractivity contribution in [2.75, 3.05) is 24.7 Å². The number of urea groups is 1. The SMILES string of the molecule is CSc1ccc(NC(=O)N2C[C@@H](C(F)(F)F)[C@H](C(=O)O)C2)cc1Cl. The maximum Gasteiger partial charge on any atom is 0.394 e. The van der Waals surface area contributed by atoms with Crippen molar-refractivity contribution >= 4 is 41.1 Å². The minimum absolute atomic E-state index is 0.324. The highest BCUT2D eigenvalue weighted by molar-refractivity contribution is 7.98. The Morgan fingerprint density at radius 3 is 2.50 bits per heavy atom. The molecular weight excluding hydrogens is 369 g/mol. The zero-order valence-corrected chi connectivity index (χ0v) is 14.0. The van der Waals surface area contributed by atoms with Crippen LogP contribution in [-0.4, -0.2) is 47.5 Å². The van der Waals surface area contributed by atoms with Gasteiger partial charge in [0.15, 0.2) is 0 Å². The number of likely N-dealkylation sites (tertiary alicyclic amines) is 1. The lowest BCUT2D eigenvalue weighted by Crippen LogP contribution is -2.35. The van der Waals surface area contributed by atoms with E-state index in [2.05, 4.69) is 5.32 Å². The molecule has 2 amide bonds. The quantitative estimate of drug-likeness (QED) is 0.780. The molecule has 1 saturated heterocycles. The van der Waals surface area contributed by atoms with Gasteiger partial charge in [0.2, 0.25) is 0 Å². The van der Waals surface area contributed by atoms with E-state index in [0.717, 1.165) is 9.80 Å². The summed E-state index contributed by atoms with van der Waals surface area (Å²) >= 11 is 7.42. The van der Waals surface area contributed by atoms with Gasteiger partial charge in [-0.2, -0.15) is 13.2 Å². The highest BCUT2D eigenvalue weighted by atomic mass is 35.5. The van der Waals surface area contributed by atoms with Crippen molar-refractivity contribution in [3.63, 3.8) is 0 Å². The molecule has 1 aromatic rings. The monoisotopic (exact) mass is 382 g/mol. The van der Waals surface area contributed by atoms with Crippen molar-refractivity contribution in [3.8, 4) is 0 Å². The van der Waals surface area contributed by atoms with Gasteiger partial charge in [-0.25, -0.2) is 4.79 Å². The lowest BCUT2D eigenvalue weighted by Gasteiger charge is -2.19. The molecule has 5 nitrogen and oxygen atoms in total. The van der Waals surface area contributed by atoms with E-state index >= 15 is 0 Å². The first-order valence-electron chi connectivity index (χ1n) is 6.82. The molecule has 0 saturated carbocycles. The van der Waals surface area contributed by atoms with Crippen LogP contribution in [0, 0.1) is 11.8 Å². The number of hydrogen-bond acceptors (Lipinski definition) is 3. The van der Waals surface area contributed by atoms with Crippen LogP contribution in [0.4, 0.5) is 23.7 Å². The third-order valence-electron chi connectivity index (χ3n) is 3.75.